The van der Waals surface area contributed by atoms with Crippen LogP contribution in [0.5, 0.6) is 0 Å². The number of carboxylic acids is 1. The Labute approximate surface area is 216 Å². The largest absolute Gasteiger partial charge is 0.481 e. The predicted molar refractivity (Wildman–Crippen MR) is 137 cm³/mol. The molecule has 204 valence electrons. The maximum absolute atomic E-state index is 12.6. The van der Waals surface area contributed by atoms with Gasteiger partial charge in [0.1, 0.15) is 0 Å². The van der Waals surface area contributed by atoms with Gasteiger partial charge in [-0.25, -0.2) is 0 Å². The van der Waals surface area contributed by atoms with Gasteiger partial charge in [-0.3, -0.25) is 4.79 Å². The summed E-state index contributed by atoms with van der Waals surface area (Å²) >= 11 is 0. The molecule has 0 aliphatic heterocycles. The zero-order chi connectivity index (χ0) is 26.7. The fourth-order valence-electron chi connectivity index (χ4n) is 10.9. The van der Waals surface area contributed by atoms with Gasteiger partial charge in [0.2, 0.25) is 0 Å². The first-order valence-electron chi connectivity index (χ1n) is 14.1. The molecule has 11 atom stereocenters. The number of hydrogen-bond acceptors (Lipinski definition) is 5. The molecule has 0 radical (unpaired) electrons. The van der Waals surface area contributed by atoms with Crippen LogP contribution in [-0.4, -0.2) is 56.4 Å². The van der Waals surface area contributed by atoms with Crippen molar-refractivity contribution in [1.29, 1.82) is 0 Å². The van der Waals surface area contributed by atoms with Crippen LogP contribution in [0.25, 0.3) is 0 Å². The quantitative estimate of drug-likeness (QED) is 0.361. The monoisotopic (exact) mass is 504 g/mol. The summed E-state index contributed by atoms with van der Waals surface area (Å²) in [4.78, 5) is 12.6. The molecule has 0 aromatic heterocycles. The van der Waals surface area contributed by atoms with Gasteiger partial charge >= 0.3 is 5.97 Å². The molecule has 4 saturated carbocycles. The maximum atomic E-state index is 12.6. The molecule has 5 rings (SSSR count). The summed E-state index contributed by atoms with van der Waals surface area (Å²) < 4.78 is 0. The van der Waals surface area contributed by atoms with Crippen molar-refractivity contribution in [2.45, 2.75) is 111 Å². The molecule has 0 bridgehead atoms. The molecular weight excluding hydrogens is 456 g/mol. The van der Waals surface area contributed by atoms with E-state index in [1.807, 2.05) is 0 Å². The van der Waals surface area contributed by atoms with Crippen molar-refractivity contribution in [3.63, 3.8) is 0 Å². The SMILES string of the molecule is CC1(C)CC[C@]2(CO)CC[C@]3(C)C(=CC[C@@H]4[C@@]5(C)C[C@H](O)[C@H](O)[C@@](C)(C(=O)O)[C@@H]5[C@H](O)C[C@]43C)[C@@H]2C1. The van der Waals surface area contributed by atoms with Crippen LogP contribution in [0.1, 0.15) is 92.9 Å². The van der Waals surface area contributed by atoms with Crippen LogP contribution < -0.4 is 0 Å². The van der Waals surface area contributed by atoms with Gasteiger partial charge in [-0.2, -0.15) is 0 Å². The zero-order valence-corrected chi connectivity index (χ0v) is 23.0. The summed E-state index contributed by atoms with van der Waals surface area (Å²) in [7, 11) is 0. The molecule has 5 aliphatic rings. The third kappa shape index (κ3) is 3.08. The first-order chi connectivity index (χ1) is 16.5. The second-order valence-corrected chi connectivity index (χ2v) is 15.2. The minimum absolute atomic E-state index is 0.0726. The molecule has 5 N–H and O–H groups in total. The number of allylic oxidation sites excluding steroid dienone is 2. The molecule has 0 amide bonds. The van der Waals surface area contributed by atoms with Crippen LogP contribution >= 0.6 is 0 Å². The van der Waals surface area contributed by atoms with Gasteiger partial charge in [0.25, 0.3) is 0 Å². The summed E-state index contributed by atoms with van der Waals surface area (Å²) in [6.07, 6.45) is 5.64. The lowest BCUT2D eigenvalue weighted by Gasteiger charge is -2.72. The Balaban J connectivity index is 1.64. The zero-order valence-electron chi connectivity index (χ0n) is 23.0. The van der Waals surface area contributed by atoms with E-state index in [-0.39, 0.29) is 40.6 Å². The fourth-order valence-corrected chi connectivity index (χ4v) is 10.9. The molecule has 0 aromatic rings. The highest BCUT2D eigenvalue weighted by atomic mass is 16.4. The van der Waals surface area contributed by atoms with Gasteiger partial charge in [0.15, 0.2) is 0 Å². The van der Waals surface area contributed by atoms with Crippen molar-refractivity contribution in [2.75, 3.05) is 6.61 Å². The van der Waals surface area contributed by atoms with E-state index in [4.69, 9.17) is 0 Å². The molecule has 6 nitrogen and oxygen atoms in total. The van der Waals surface area contributed by atoms with Crippen LogP contribution in [0.4, 0.5) is 0 Å². The molecule has 0 saturated heterocycles. The maximum Gasteiger partial charge on any atom is 0.312 e. The molecule has 6 heteroatoms. The predicted octanol–water partition coefficient (Wildman–Crippen LogP) is 4.15. The Kier molecular flexibility index (Phi) is 5.77. The van der Waals surface area contributed by atoms with Gasteiger partial charge in [-0.1, -0.05) is 46.3 Å². The lowest BCUT2D eigenvalue weighted by molar-refractivity contribution is -0.267. The fraction of sp³-hybridized carbons (Fsp3) is 0.900. The van der Waals surface area contributed by atoms with Crippen LogP contribution in [0.3, 0.4) is 0 Å². The molecule has 0 spiro atoms. The van der Waals surface area contributed by atoms with Gasteiger partial charge in [-0.15, -0.1) is 0 Å². The highest BCUT2D eigenvalue weighted by molar-refractivity contribution is 5.76. The second-order valence-electron chi connectivity index (χ2n) is 15.2. The Hall–Kier alpha value is -0.950. The Morgan fingerprint density at radius 2 is 1.56 bits per heavy atom. The number of aliphatic hydroxyl groups excluding tert-OH is 4. The highest BCUT2D eigenvalue weighted by Crippen LogP contribution is 2.75. The van der Waals surface area contributed by atoms with E-state index in [1.54, 1.807) is 0 Å². The average molecular weight is 505 g/mol. The minimum Gasteiger partial charge on any atom is -0.481 e. The molecule has 4 fully saturated rings. The lowest BCUT2D eigenvalue weighted by atomic mass is 9.33. The number of carbonyl (C=O) groups is 1. The second kappa shape index (κ2) is 7.80. The van der Waals surface area contributed by atoms with E-state index in [9.17, 15) is 30.3 Å². The first-order valence-corrected chi connectivity index (χ1v) is 14.1. The summed E-state index contributed by atoms with van der Waals surface area (Å²) in [6.45, 7) is 13.1. The topological polar surface area (TPSA) is 118 Å². The molecule has 0 unspecified atom stereocenters. The number of fused-ring (bicyclic) bond motifs is 7. The molecular formula is C30H48O6. The van der Waals surface area contributed by atoms with Crippen LogP contribution in [0.2, 0.25) is 0 Å². The smallest absolute Gasteiger partial charge is 0.312 e. The van der Waals surface area contributed by atoms with Crippen molar-refractivity contribution in [3.05, 3.63) is 11.6 Å². The van der Waals surface area contributed by atoms with Crippen molar-refractivity contribution >= 4 is 5.97 Å². The molecule has 0 aromatic carbocycles. The van der Waals surface area contributed by atoms with E-state index < -0.39 is 41.0 Å². The van der Waals surface area contributed by atoms with Crippen molar-refractivity contribution in [3.8, 4) is 0 Å². The lowest BCUT2D eigenvalue weighted by Crippen LogP contribution is -2.72. The Bertz CT molecular complexity index is 974. The van der Waals surface area contributed by atoms with Crippen LogP contribution in [0, 0.1) is 50.2 Å². The molecule has 36 heavy (non-hydrogen) atoms. The molecule has 0 heterocycles. The number of carboxylic acid groups (broad SMARTS) is 1. The number of hydrogen-bond donors (Lipinski definition) is 5. The van der Waals surface area contributed by atoms with Crippen LogP contribution in [-0.2, 0) is 4.79 Å². The van der Waals surface area contributed by atoms with Gasteiger partial charge < -0.3 is 25.5 Å². The van der Waals surface area contributed by atoms with Gasteiger partial charge in [0.05, 0.1) is 23.7 Å². The van der Waals surface area contributed by atoms with E-state index in [1.165, 1.54) is 12.5 Å². The normalized spacial score (nSPS) is 55.9. The highest BCUT2D eigenvalue weighted by Gasteiger charge is 2.73. The van der Waals surface area contributed by atoms with E-state index in [2.05, 4.69) is 40.7 Å². The number of aliphatic carboxylic acids is 1. The van der Waals surface area contributed by atoms with Crippen LogP contribution in [0.15, 0.2) is 11.6 Å². The number of aliphatic hydroxyl groups is 4. The first kappa shape index (κ1) is 26.6. The van der Waals surface area contributed by atoms with Crippen molar-refractivity contribution in [2.24, 2.45) is 50.2 Å². The van der Waals surface area contributed by atoms with Gasteiger partial charge in [0, 0.05) is 17.9 Å². The van der Waals surface area contributed by atoms with Gasteiger partial charge in [-0.05, 0) is 91.8 Å². The summed E-state index contributed by atoms with van der Waals surface area (Å²) in [5, 5.41) is 54.5. The summed E-state index contributed by atoms with van der Waals surface area (Å²) in [5.74, 6) is -1.41. The Morgan fingerprint density at radius 1 is 0.917 bits per heavy atom. The van der Waals surface area contributed by atoms with E-state index >= 15 is 0 Å². The minimum atomic E-state index is -1.62. The Morgan fingerprint density at radius 3 is 2.17 bits per heavy atom. The number of rotatable bonds is 2. The third-order valence-corrected chi connectivity index (χ3v) is 13.1. The average Bonchev–Trinajstić information content (AvgIpc) is 2.77. The standard InChI is InChI=1S/C30H48O6/c1-25(2)9-11-30(16-31)12-10-27(4)17(18(30)13-25)7-8-21-26(3)14-20(33)23(34)29(6,24(35)36)22(26)19(32)15-28(21,27)5/h7,18-23,31-34H,8-16H2,1-6H3,(H,35,36)/t18-,19+,20-,21+,22+,23-,26+,27+,28+,29-,30+/m0/s1. The summed E-state index contributed by atoms with van der Waals surface area (Å²) in [5.41, 5.74) is -1.13. The van der Waals surface area contributed by atoms with E-state index in [0.29, 0.717) is 12.3 Å². The van der Waals surface area contributed by atoms with E-state index in [0.717, 1.165) is 38.5 Å². The summed E-state index contributed by atoms with van der Waals surface area (Å²) in [6, 6.07) is 0. The van der Waals surface area contributed by atoms with Crippen molar-refractivity contribution < 1.29 is 30.3 Å². The molecule has 5 aliphatic carbocycles. The third-order valence-electron chi connectivity index (χ3n) is 13.1. The van der Waals surface area contributed by atoms with Crippen molar-refractivity contribution in [1.82, 2.24) is 0 Å².